The maximum atomic E-state index is 12.7. The Morgan fingerprint density at radius 3 is 2.14 bits per heavy atom. The number of benzene rings is 2. The minimum Gasteiger partial charge on any atom is -0.368 e. The summed E-state index contributed by atoms with van der Waals surface area (Å²) in [6.45, 7) is 10.4. The fourth-order valence-electron chi connectivity index (χ4n) is 3.71. The molecular formula is C22H28N4O2. The number of aryl methyl sites for hydroxylation is 3. The molecule has 6 nitrogen and oxygen atoms in total. The van der Waals surface area contributed by atoms with Crippen LogP contribution >= 0.6 is 0 Å². The largest absolute Gasteiger partial charge is 0.368 e. The molecule has 3 amide bonds. The molecule has 1 saturated heterocycles. The van der Waals surface area contributed by atoms with E-state index in [9.17, 15) is 9.59 Å². The molecule has 1 heterocycles. The van der Waals surface area contributed by atoms with Crippen molar-refractivity contribution in [1.82, 2.24) is 4.90 Å². The van der Waals surface area contributed by atoms with Crippen LogP contribution in [0.3, 0.4) is 0 Å². The Balaban J connectivity index is 1.61. The second-order valence-electron chi connectivity index (χ2n) is 7.41. The van der Waals surface area contributed by atoms with E-state index in [0.717, 1.165) is 41.3 Å². The van der Waals surface area contributed by atoms with Gasteiger partial charge in [-0.2, -0.15) is 0 Å². The lowest BCUT2D eigenvalue weighted by molar-refractivity contribution is -0.114. The molecule has 0 spiro atoms. The monoisotopic (exact) mass is 380 g/mol. The van der Waals surface area contributed by atoms with E-state index in [0.29, 0.717) is 13.1 Å². The summed E-state index contributed by atoms with van der Waals surface area (Å²) in [5.41, 5.74) is 6.11. The van der Waals surface area contributed by atoms with Crippen molar-refractivity contribution in [2.45, 2.75) is 27.7 Å². The third-order valence-corrected chi connectivity index (χ3v) is 5.01. The lowest BCUT2D eigenvalue weighted by Gasteiger charge is -2.36. The number of nitrogens with zero attached hydrogens (tertiary/aromatic N) is 2. The van der Waals surface area contributed by atoms with Gasteiger partial charge in [-0.3, -0.25) is 4.79 Å². The molecule has 2 aromatic carbocycles. The Morgan fingerprint density at radius 2 is 1.54 bits per heavy atom. The zero-order valence-corrected chi connectivity index (χ0v) is 17.0. The molecule has 0 radical (unpaired) electrons. The molecule has 0 aromatic heterocycles. The summed E-state index contributed by atoms with van der Waals surface area (Å²) in [7, 11) is 0. The Kier molecular flexibility index (Phi) is 5.87. The van der Waals surface area contributed by atoms with Crippen LogP contribution in [0, 0.1) is 20.8 Å². The standard InChI is InChI=1S/C22H28N4O2/c1-15-12-16(2)21(17(3)13-15)24-22(28)26-10-8-25(9-11-26)20-7-5-6-19(14-20)23-18(4)27/h5-7,12-14H,8-11H2,1-4H3,(H,23,27)(H,24,28). The van der Waals surface area contributed by atoms with Crippen LogP contribution in [0.15, 0.2) is 36.4 Å². The van der Waals surface area contributed by atoms with Crippen LogP contribution in [0.1, 0.15) is 23.6 Å². The predicted molar refractivity (Wildman–Crippen MR) is 114 cm³/mol. The second kappa shape index (κ2) is 8.33. The van der Waals surface area contributed by atoms with E-state index in [1.165, 1.54) is 12.5 Å². The van der Waals surface area contributed by atoms with Crippen LogP contribution in [-0.2, 0) is 4.79 Å². The van der Waals surface area contributed by atoms with Crippen molar-refractivity contribution in [3.8, 4) is 0 Å². The molecule has 148 valence electrons. The van der Waals surface area contributed by atoms with Gasteiger partial charge in [-0.25, -0.2) is 4.79 Å². The number of carbonyl (C=O) groups is 2. The Labute approximate surface area is 166 Å². The summed E-state index contributed by atoms with van der Waals surface area (Å²) >= 11 is 0. The van der Waals surface area contributed by atoms with E-state index >= 15 is 0 Å². The van der Waals surface area contributed by atoms with Crippen molar-refractivity contribution in [3.05, 3.63) is 53.1 Å². The molecule has 1 fully saturated rings. The summed E-state index contributed by atoms with van der Waals surface area (Å²) in [5, 5.41) is 5.89. The quantitative estimate of drug-likeness (QED) is 0.848. The van der Waals surface area contributed by atoms with Crippen molar-refractivity contribution >= 4 is 29.0 Å². The number of hydrogen-bond donors (Lipinski definition) is 2. The average Bonchev–Trinajstić information content (AvgIpc) is 2.64. The van der Waals surface area contributed by atoms with E-state index in [1.807, 2.05) is 43.0 Å². The molecule has 28 heavy (non-hydrogen) atoms. The van der Waals surface area contributed by atoms with Crippen LogP contribution in [0.25, 0.3) is 0 Å². The van der Waals surface area contributed by atoms with Gasteiger partial charge in [0, 0.05) is 50.2 Å². The van der Waals surface area contributed by atoms with Gasteiger partial charge in [-0.1, -0.05) is 23.8 Å². The molecule has 0 unspecified atom stereocenters. The van der Waals surface area contributed by atoms with E-state index in [4.69, 9.17) is 0 Å². The van der Waals surface area contributed by atoms with Gasteiger partial charge in [0.15, 0.2) is 0 Å². The number of nitrogens with one attached hydrogen (secondary N) is 2. The molecule has 0 aliphatic carbocycles. The SMILES string of the molecule is CC(=O)Nc1cccc(N2CCN(C(=O)Nc3c(C)cc(C)cc3C)CC2)c1. The molecule has 2 N–H and O–H groups in total. The van der Waals surface area contributed by atoms with Crippen molar-refractivity contribution < 1.29 is 9.59 Å². The minimum atomic E-state index is -0.0830. The molecule has 1 aliphatic heterocycles. The highest BCUT2D eigenvalue weighted by Crippen LogP contribution is 2.24. The van der Waals surface area contributed by atoms with Crippen molar-refractivity contribution in [1.29, 1.82) is 0 Å². The summed E-state index contributed by atoms with van der Waals surface area (Å²) in [5.74, 6) is -0.0830. The fourth-order valence-corrected chi connectivity index (χ4v) is 3.71. The number of hydrogen-bond acceptors (Lipinski definition) is 3. The first kappa shape index (κ1) is 19.7. The summed E-state index contributed by atoms with van der Waals surface area (Å²) in [6.07, 6.45) is 0. The van der Waals surface area contributed by atoms with Crippen LogP contribution in [0.4, 0.5) is 21.9 Å². The Morgan fingerprint density at radius 1 is 0.893 bits per heavy atom. The van der Waals surface area contributed by atoms with Crippen molar-refractivity contribution in [2.75, 3.05) is 41.7 Å². The number of urea groups is 1. The molecule has 1 aliphatic rings. The van der Waals surface area contributed by atoms with Crippen LogP contribution in [0.2, 0.25) is 0 Å². The van der Waals surface area contributed by atoms with Crippen LogP contribution in [-0.4, -0.2) is 43.0 Å². The smallest absolute Gasteiger partial charge is 0.321 e. The molecular weight excluding hydrogens is 352 g/mol. The molecule has 6 heteroatoms. The Bertz CT molecular complexity index is 863. The highest BCUT2D eigenvalue weighted by molar-refractivity contribution is 5.91. The lowest BCUT2D eigenvalue weighted by Crippen LogP contribution is -2.50. The zero-order chi connectivity index (χ0) is 20.3. The van der Waals surface area contributed by atoms with Gasteiger partial charge in [-0.05, 0) is 50.1 Å². The normalized spacial score (nSPS) is 14.0. The highest BCUT2D eigenvalue weighted by Gasteiger charge is 2.22. The number of piperazine rings is 1. The first-order valence-electron chi connectivity index (χ1n) is 9.60. The number of rotatable bonds is 3. The Hall–Kier alpha value is -3.02. The first-order chi connectivity index (χ1) is 13.3. The third-order valence-electron chi connectivity index (χ3n) is 5.01. The fraction of sp³-hybridized carbons (Fsp3) is 0.364. The van der Waals surface area contributed by atoms with Gasteiger partial charge < -0.3 is 20.4 Å². The van der Waals surface area contributed by atoms with Gasteiger partial charge in [0.2, 0.25) is 5.91 Å². The van der Waals surface area contributed by atoms with E-state index < -0.39 is 0 Å². The summed E-state index contributed by atoms with van der Waals surface area (Å²) < 4.78 is 0. The van der Waals surface area contributed by atoms with Crippen LogP contribution in [0.5, 0.6) is 0 Å². The molecule has 3 rings (SSSR count). The maximum absolute atomic E-state index is 12.7. The van der Waals surface area contributed by atoms with Crippen molar-refractivity contribution in [2.24, 2.45) is 0 Å². The van der Waals surface area contributed by atoms with Gasteiger partial charge in [0.25, 0.3) is 0 Å². The second-order valence-corrected chi connectivity index (χ2v) is 7.41. The summed E-state index contributed by atoms with van der Waals surface area (Å²) in [4.78, 5) is 28.1. The van der Waals surface area contributed by atoms with Gasteiger partial charge in [0.05, 0.1) is 0 Å². The molecule has 2 aromatic rings. The average molecular weight is 380 g/mol. The zero-order valence-electron chi connectivity index (χ0n) is 17.0. The lowest BCUT2D eigenvalue weighted by atomic mass is 10.1. The van der Waals surface area contributed by atoms with Gasteiger partial charge in [-0.15, -0.1) is 0 Å². The first-order valence-corrected chi connectivity index (χ1v) is 9.60. The predicted octanol–water partition coefficient (Wildman–Crippen LogP) is 3.92. The topological polar surface area (TPSA) is 64.7 Å². The van der Waals surface area contributed by atoms with Gasteiger partial charge in [0.1, 0.15) is 0 Å². The molecule has 0 saturated carbocycles. The van der Waals surface area contributed by atoms with E-state index in [-0.39, 0.29) is 11.9 Å². The maximum Gasteiger partial charge on any atom is 0.321 e. The van der Waals surface area contributed by atoms with Crippen molar-refractivity contribution in [3.63, 3.8) is 0 Å². The minimum absolute atomic E-state index is 0.0540. The number of carbonyl (C=O) groups excluding carboxylic acids is 2. The van der Waals surface area contributed by atoms with Crippen LogP contribution < -0.4 is 15.5 Å². The van der Waals surface area contributed by atoms with E-state index in [2.05, 4.69) is 34.6 Å². The number of amides is 3. The number of anilines is 3. The summed E-state index contributed by atoms with van der Waals surface area (Å²) in [6, 6.07) is 11.9. The molecule has 0 atom stereocenters. The molecule has 0 bridgehead atoms. The van der Waals surface area contributed by atoms with E-state index in [1.54, 1.807) is 0 Å². The van der Waals surface area contributed by atoms with Gasteiger partial charge >= 0.3 is 6.03 Å². The third kappa shape index (κ3) is 4.63. The highest BCUT2D eigenvalue weighted by atomic mass is 16.2.